The molecule has 3 rings (SSSR count). The van der Waals surface area contributed by atoms with E-state index in [9.17, 15) is 9.59 Å². The molecular weight excluding hydrogens is 258 g/mol. The van der Waals surface area contributed by atoms with Gasteiger partial charge in [0.15, 0.2) is 0 Å². The number of hydrogen-bond donors (Lipinski definition) is 2. The second-order valence-electron chi connectivity index (χ2n) is 5.97. The largest absolute Gasteiger partial charge is 0.376 e. The molecule has 0 radical (unpaired) electrons. The molecule has 2 saturated heterocycles. The number of ether oxygens (including phenoxy) is 1. The number of nitrogens with zero attached hydrogens (tertiary/aromatic N) is 1. The molecule has 2 unspecified atom stereocenters. The van der Waals surface area contributed by atoms with Gasteiger partial charge >= 0.3 is 0 Å². The maximum Gasteiger partial charge on any atom is 0.240 e. The minimum Gasteiger partial charge on any atom is -0.376 e. The monoisotopic (exact) mass is 281 g/mol. The van der Waals surface area contributed by atoms with Gasteiger partial charge in [-0.2, -0.15) is 0 Å². The van der Waals surface area contributed by atoms with Crippen LogP contribution in [0, 0.1) is 0 Å². The molecule has 112 valence electrons. The fraction of sp³-hybridized carbons (Fsp3) is 0.857. The maximum absolute atomic E-state index is 12.4. The number of rotatable bonds is 5. The average molecular weight is 281 g/mol. The fourth-order valence-corrected chi connectivity index (χ4v) is 2.87. The summed E-state index contributed by atoms with van der Waals surface area (Å²) in [6.07, 6.45) is 4.68. The molecule has 6 nitrogen and oxygen atoms in total. The summed E-state index contributed by atoms with van der Waals surface area (Å²) in [6, 6.07) is -0.0203. The number of nitrogens with one attached hydrogen (secondary N) is 2. The van der Waals surface area contributed by atoms with Crippen molar-refractivity contribution in [1.29, 1.82) is 0 Å². The number of carbonyl (C=O) groups excluding carboxylic acids is 2. The zero-order valence-corrected chi connectivity index (χ0v) is 11.8. The van der Waals surface area contributed by atoms with E-state index in [4.69, 9.17) is 4.74 Å². The van der Waals surface area contributed by atoms with Gasteiger partial charge in [-0.25, -0.2) is 0 Å². The van der Waals surface area contributed by atoms with Gasteiger partial charge < -0.3 is 20.3 Å². The van der Waals surface area contributed by atoms with Gasteiger partial charge in [0.05, 0.1) is 18.6 Å². The first-order valence-electron chi connectivity index (χ1n) is 7.65. The van der Waals surface area contributed by atoms with Crippen LogP contribution in [0.2, 0.25) is 0 Å². The number of hydrogen-bond acceptors (Lipinski definition) is 4. The van der Waals surface area contributed by atoms with Crippen molar-refractivity contribution in [2.45, 2.75) is 50.3 Å². The second-order valence-corrected chi connectivity index (χ2v) is 5.97. The van der Waals surface area contributed by atoms with Crippen LogP contribution < -0.4 is 10.6 Å². The van der Waals surface area contributed by atoms with E-state index >= 15 is 0 Å². The van der Waals surface area contributed by atoms with Crippen LogP contribution in [0.15, 0.2) is 0 Å². The lowest BCUT2D eigenvalue weighted by Crippen LogP contribution is -2.57. The minimum atomic E-state index is -0.371. The molecule has 0 aromatic carbocycles. The summed E-state index contributed by atoms with van der Waals surface area (Å²) >= 11 is 0. The van der Waals surface area contributed by atoms with Crippen molar-refractivity contribution in [2.24, 2.45) is 0 Å². The highest BCUT2D eigenvalue weighted by Gasteiger charge is 2.33. The summed E-state index contributed by atoms with van der Waals surface area (Å²) in [7, 11) is 0. The lowest BCUT2D eigenvalue weighted by molar-refractivity contribution is -0.139. The third kappa shape index (κ3) is 3.49. The van der Waals surface area contributed by atoms with E-state index in [2.05, 4.69) is 10.6 Å². The first-order chi connectivity index (χ1) is 9.72. The standard InChI is InChI=1S/C14H23N3O3/c18-13(16-10-3-4-10)8-12-14(19)17(6-5-15-12)9-11-2-1-7-20-11/h10-12,15H,1-9H2,(H,16,18). The van der Waals surface area contributed by atoms with Crippen molar-refractivity contribution in [3.8, 4) is 0 Å². The average Bonchev–Trinajstić information content (AvgIpc) is 3.08. The highest BCUT2D eigenvalue weighted by atomic mass is 16.5. The van der Waals surface area contributed by atoms with Crippen LogP contribution in [-0.2, 0) is 14.3 Å². The predicted octanol–water partition coefficient (Wildman–Crippen LogP) is -0.365. The molecule has 6 heteroatoms. The lowest BCUT2D eigenvalue weighted by Gasteiger charge is -2.34. The Morgan fingerprint density at radius 2 is 2.25 bits per heavy atom. The molecule has 3 aliphatic rings. The van der Waals surface area contributed by atoms with Crippen molar-refractivity contribution in [1.82, 2.24) is 15.5 Å². The normalized spacial score (nSPS) is 30.6. The summed E-state index contributed by atoms with van der Waals surface area (Å²) in [5.74, 6) is 0.0232. The molecule has 0 aromatic rings. The second kappa shape index (κ2) is 6.10. The van der Waals surface area contributed by atoms with Gasteiger partial charge in [0.25, 0.3) is 0 Å². The van der Waals surface area contributed by atoms with Crippen LogP contribution in [0.25, 0.3) is 0 Å². The van der Waals surface area contributed by atoms with Crippen LogP contribution >= 0.6 is 0 Å². The van der Waals surface area contributed by atoms with Crippen molar-refractivity contribution in [3.63, 3.8) is 0 Å². The SMILES string of the molecule is O=C(CC1NCCN(CC2CCCO2)C1=O)NC1CC1. The van der Waals surface area contributed by atoms with Gasteiger partial charge in [0.1, 0.15) is 0 Å². The number of amides is 2. The highest BCUT2D eigenvalue weighted by Crippen LogP contribution is 2.19. The van der Waals surface area contributed by atoms with E-state index < -0.39 is 0 Å². The Bertz CT molecular complexity index is 378. The molecule has 0 spiro atoms. The summed E-state index contributed by atoms with van der Waals surface area (Å²) in [5.41, 5.74) is 0. The molecule has 2 atom stereocenters. The quantitative estimate of drug-likeness (QED) is 0.721. The molecule has 3 fully saturated rings. The van der Waals surface area contributed by atoms with Crippen molar-refractivity contribution < 1.29 is 14.3 Å². The lowest BCUT2D eigenvalue weighted by atomic mass is 10.1. The third-order valence-corrected chi connectivity index (χ3v) is 4.16. The Morgan fingerprint density at radius 1 is 1.40 bits per heavy atom. The van der Waals surface area contributed by atoms with Crippen LogP contribution in [0.3, 0.4) is 0 Å². The topological polar surface area (TPSA) is 70.7 Å². The maximum atomic E-state index is 12.4. The van der Waals surface area contributed by atoms with Crippen LogP contribution in [0.1, 0.15) is 32.1 Å². The summed E-state index contributed by atoms with van der Waals surface area (Å²) in [4.78, 5) is 26.0. The van der Waals surface area contributed by atoms with Gasteiger partial charge in [0.2, 0.25) is 11.8 Å². The molecule has 1 aliphatic carbocycles. The van der Waals surface area contributed by atoms with E-state index in [1.807, 2.05) is 4.90 Å². The van der Waals surface area contributed by atoms with E-state index in [-0.39, 0.29) is 30.4 Å². The van der Waals surface area contributed by atoms with Crippen molar-refractivity contribution >= 4 is 11.8 Å². The Labute approximate surface area is 119 Å². The number of piperazine rings is 1. The van der Waals surface area contributed by atoms with Gasteiger partial charge in [-0.3, -0.25) is 9.59 Å². The Balaban J connectivity index is 1.49. The van der Waals surface area contributed by atoms with Gasteiger partial charge in [-0.15, -0.1) is 0 Å². The Morgan fingerprint density at radius 3 is 2.95 bits per heavy atom. The zero-order chi connectivity index (χ0) is 13.9. The third-order valence-electron chi connectivity index (χ3n) is 4.16. The molecular formula is C14H23N3O3. The van der Waals surface area contributed by atoms with Crippen LogP contribution in [0.5, 0.6) is 0 Å². The smallest absolute Gasteiger partial charge is 0.240 e. The molecule has 0 bridgehead atoms. The van der Waals surface area contributed by atoms with Gasteiger partial charge in [-0.1, -0.05) is 0 Å². The highest BCUT2D eigenvalue weighted by molar-refractivity contribution is 5.89. The molecule has 1 saturated carbocycles. The molecule has 2 heterocycles. The van der Waals surface area contributed by atoms with Gasteiger partial charge in [0, 0.05) is 32.3 Å². The first kappa shape index (κ1) is 13.8. The number of carbonyl (C=O) groups is 2. The first-order valence-corrected chi connectivity index (χ1v) is 7.65. The summed E-state index contributed by atoms with van der Waals surface area (Å²) in [6.45, 7) is 2.93. The molecule has 0 aromatic heterocycles. The zero-order valence-electron chi connectivity index (χ0n) is 11.8. The van der Waals surface area contributed by atoms with Crippen molar-refractivity contribution in [3.05, 3.63) is 0 Å². The minimum absolute atomic E-state index is 0.0164. The van der Waals surface area contributed by atoms with E-state index in [1.54, 1.807) is 0 Å². The fourth-order valence-electron chi connectivity index (χ4n) is 2.87. The van der Waals surface area contributed by atoms with E-state index in [0.717, 1.165) is 38.8 Å². The van der Waals surface area contributed by atoms with Gasteiger partial charge in [-0.05, 0) is 25.7 Å². The summed E-state index contributed by atoms with van der Waals surface area (Å²) < 4.78 is 5.59. The molecule has 20 heavy (non-hydrogen) atoms. The Kier molecular flexibility index (Phi) is 4.21. The Hall–Kier alpha value is -1.14. The van der Waals surface area contributed by atoms with E-state index in [0.29, 0.717) is 19.1 Å². The molecule has 2 N–H and O–H groups in total. The van der Waals surface area contributed by atoms with E-state index in [1.165, 1.54) is 0 Å². The van der Waals surface area contributed by atoms with Crippen molar-refractivity contribution in [2.75, 3.05) is 26.2 Å². The van der Waals surface area contributed by atoms with Crippen LogP contribution in [-0.4, -0.2) is 61.1 Å². The predicted molar refractivity (Wildman–Crippen MR) is 73.1 cm³/mol. The summed E-state index contributed by atoms with van der Waals surface area (Å²) in [5, 5.41) is 6.09. The van der Waals surface area contributed by atoms with Crippen LogP contribution in [0.4, 0.5) is 0 Å². The molecule has 2 amide bonds. The molecule has 2 aliphatic heterocycles.